The lowest BCUT2D eigenvalue weighted by Crippen LogP contribution is -2.60. The summed E-state index contributed by atoms with van der Waals surface area (Å²) in [6.45, 7) is 3.54. The van der Waals surface area contributed by atoms with Crippen LogP contribution in [0.2, 0.25) is 0 Å². The van der Waals surface area contributed by atoms with E-state index in [0.717, 1.165) is 38.5 Å². The van der Waals surface area contributed by atoms with Gasteiger partial charge in [-0.15, -0.1) is 0 Å². The first-order valence-corrected chi connectivity index (χ1v) is 36.9. The van der Waals surface area contributed by atoms with E-state index in [2.05, 4.69) is 19.2 Å². The summed E-state index contributed by atoms with van der Waals surface area (Å²) >= 11 is 0. The molecule has 1 fully saturated rings. The summed E-state index contributed by atoms with van der Waals surface area (Å²) in [5, 5.41) is 76.6. The maximum atomic E-state index is 13.3. The summed E-state index contributed by atoms with van der Waals surface area (Å²) in [6.07, 6.45) is 63.4. The Labute approximate surface area is 513 Å². The number of ether oxygens (including phenoxy) is 2. The third-order valence-electron chi connectivity index (χ3n) is 18.4. The molecule has 1 saturated heterocycles. The molecule has 8 N–H and O–H groups in total. The molecule has 9 unspecified atom stereocenters. The van der Waals surface area contributed by atoms with Crippen LogP contribution in [0.4, 0.5) is 0 Å². The van der Waals surface area contributed by atoms with Gasteiger partial charge in [-0.05, 0) is 12.8 Å². The van der Waals surface area contributed by atoms with Gasteiger partial charge in [-0.1, -0.05) is 373 Å². The molecule has 0 radical (unpaired) electrons. The van der Waals surface area contributed by atoms with E-state index in [4.69, 9.17) is 9.47 Å². The van der Waals surface area contributed by atoms with E-state index < -0.39 is 74.2 Å². The minimum Gasteiger partial charge on any atom is -0.394 e. The summed E-state index contributed by atoms with van der Waals surface area (Å²) in [6, 6.07) is -1.16. The Morgan fingerprint density at radius 3 is 0.892 bits per heavy atom. The topological polar surface area (TPSA) is 189 Å². The monoisotopic (exact) mass is 1180 g/mol. The van der Waals surface area contributed by atoms with Crippen LogP contribution in [0.15, 0.2) is 0 Å². The number of rotatable bonds is 66. The van der Waals surface area contributed by atoms with Gasteiger partial charge in [0.1, 0.15) is 36.6 Å². The third kappa shape index (κ3) is 48.7. The lowest BCUT2D eigenvalue weighted by Gasteiger charge is -2.40. The van der Waals surface area contributed by atoms with Crippen molar-refractivity contribution < 1.29 is 50.0 Å². The molecule has 0 bridgehead atoms. The van der Waals surface area contributed by atoms with Gasteiger partial charge in [-0.2, -0.15) is 0 Å². The summed E-state index contributed by atoms with van der Waals surface area (Å²) in [7, 11) is 0. The highest BCUT2D eigenvalue weighted by molar-refractivity contribution is 5.80. The fraction of sp³-hybridized carbons (Fsp3) is 0.986. The van der Waals surface area contributed by atoms with E-state index >= 15 is 0 Å². The number of hydrogen-bond acceptors (Lipinski definition) is 10. The lowest BCUT2D eigenvalue weighted by molar-refractivity contribution is -0.303. The van der Waals surface area contributed by atoms with Crippen LogP contribution in [0, 0.1) is 0 Å². The maximum absolute atomic E-state index is 13.3. The SMILES string of the molecule is CCCCCCCCCCCCCCCCCCCCCCCCCCCCCCCC(O)C(=O)NC(COC1OC(CO)C(O)C(O)C1O)C(O)C(O)CCCCCCCCCCCCCCCCCCCCCCCCCCCCC. The molecule has 0 spiro atoms. The zero-order valence-corrected chi connectivity index (χ0v) is 55.0. The fourth-order valence-corrected chi connectivity index (χ4v) is 12.5. The molecule has 1 rings (SSSR count). The molecule has 83 heavy (non-hydrogen) atoms. The average Bonchev–Trinajstić information content (AvgIpc) is 3.68. The van der Waals surface area contributed by atoms with Crippen LogP contribution in [0.3, 0.4) is 0 Å². The van der Waals surface area contributed by atoms with Crippen LogP contribution in [-0.2, 0) is 14.3 Å². The second kappa shape index (κ2) is 61.4. The van der Waals surface area contributed by atoms with Crippen molar-refractivity contribution in [1.29, 1.82) is 0 Å². The Balaban J connectivity index is 2.16. The molecule has 1 amide bonds. The third-order valence-corrected chi connectivity index (χ3v) is 18.4. The first-order valence-electron chi connectivity index (χ1n) is 36.9. The molecule has 1 heterocycles. The Kier molecular flexibility index (Phi) is 59.2. The standard InChI is InChI=1S/C72H143NO10/c1-3-5-7-9-11-13-15-17-19-21-23-25-27-29-31-32-34-36-38-40-42-44-46-48-50-52-54-56-58-60-65(76)71(81)73-63(62-82-72-70(80)69(79)68(78)66(61-74)83-72)67(77)64(75)59-57-55-53-51-49-47-45-43-41-39-37-35-33-30-28-26-24-22-20-18-16-14-12-10-8-6-4-2/h63-70,72,74-80H,3-62H2,1-2H3,(H,73,81). The highest BCUT2D eigenvalue weighted by Crippen LogP contribution is 2.24. The highest BCUT2D eigenvalue weighted by atomic mass is 16.7. The zero-order valence-electron chi connectivity index (χ0n) is 55.0. The van der Waals surface area contributed by atoms with Crippen molar-refractivity contribution in [2.45, 2.75) is 441 Å². The molecule has 0 aliphatic carbocycles. The maximum Gasteiger partial charge on any atom is 0.249 e. The molecule has 1 aliphatic heterocycles. The molecule has 0 aromatic rings. The summed E-state index contributed by atoms with van der Waals surface area (Å²) in [5.74, 6) is -0.686. The molecule has 0 saturated carbocycles. The first-order chi connectivity index (χ1) is 40.7. The van der Waals surface area contributed by atoms with Crippen molar-refractivity contribution in [2.24, 2.45) is 0 Å². The lowest BCUT2D eigenvalue weighted by atomic mass is 9.98. The average molecular weight is 1180 g/mol. The molecular weight excluding hydrogens is 1040 g/mol. The largest absolute Gasteiger partial charge is 0.394 e. The minimum absolute atomic E-state index is 0.268. The second-order valence-corrected chi connectivity index (χ2v) is 26.4. The number of nitrogens with one attached hydrogen (secondary N) is 1. The van der Waals surface area contributed by atoms with Crippen LogP contribution < -0.4 is 5.32 Å². The molecule has 0 aromatic carbocycles. The van der Waals surface area contributed by atoms with Crippen LogP contribution in [0.1, 0.15) is 386 Å². The van der Waals surface area contributed by atoms with Crippen molar-refractivity contribution in [3.63, 3.8) is 0 Å². The Hall–Kier alpha value is -0.890. The minimum atomic E-state index is -1.66. The number of aliphatic hydroxyl groups excluding tert-OH is 7. The van der Waals surface area contributed by atoms with Crippen LogP contribution in [-0.4, -0.2) is 110 Å². The van der Waals surface area contributed by atoms with E-state index in [0.29, 0.717) is 19.3 Å². The fourth-order valence-electron chi connectivity index (χ4n) is 12.5. The number of amides is 1. The highest BCUT2D eigenvalue weighted by Gasteiger charge is 2.44. The number of unbranched alkanes of at least 4 members (excludes halogenated alkanes) is 54. The molecule has 496 valence electrons. The van der Waals surface area contributed by atoms with Crippen LogP contribution in [0.25, 0.3) is 0 Å². The van der Waals surface area contributed by atoms with E-state index in [9.17, 15) is 40.5 Å². The van der Waals surface area contributed by atoms with Crippen molar-refractivity contribution in [2.75, 3.05) is 13.2 Å². The van der Waals surface area contributed by atoms with Gasteiger partial charge in [0.2, 0.25) is 5.91 Å². The quantitative estimate of drug-likeness (QED) is 0.0272. The predicted molar refractivity (Wildman–Crippen MR) is 349 cm³/mol. The van der Waals surface area contributed by atoms with Gasteiger partial charge in [0, 0.05) is 0 Å². The molecular formula is C72H143NO10. The van der Waals surface area contributed by atoms with E-state index in [1.54, 1.807) is 0 Å². The van der Waals surface area contributed by atoms with Crippen molar-refractivity contribution in [3.05, 3.63) is 0 Å². The summed E-state index contributed by atoms with van der Waals surface area (Å²) in [5.41, 5.74) is 0. The Morgan fingerprint density at radius 1 is 0.373 bits per heavy atom. The van der Waals surface area contributed by atoms with E-state index in [1.807, 2.05) is 0 Å². The van der Waals surface area contributed by atoms with Gasteiger partial charge >= 0.3 is 0 Å². The van der Waals surface area contributed by atoms with E-state index in [1.165, 1.54) is 308 Å². The first kappa shape index (κ1) is 80.1. The normalized spacial score (nSPS) is 18.9. The molecule has 9 atom stereocenters. The Morgan fingerprint density at radius 2 is 0.627 bits per heavy atom. The van der Waals surface area contributed by atoms with Crippen LogP contribution in [0.5, 0.6) is 0 Å². The molecule has 11 heteroatoms. The molecule has 0 aromatic heterocycles. The van der Waals surface area contributed by atoms with Gasteiger partial charge < -0.3 is 50.5 Å². The van der Waals surface area contributed by atoms with Gasteiger partial charge in [-0.25, -0.2) is 0 Å². The number of aliphatic hydroxyl groups is 7. The number of carbonyl (C=O) groups excluding carboxylic acids is 1. The molecule has 1 aliphatic rings. The summed E-state index contributed by atoms with van der Waals surface area (Å²) in [4.78, 5) is 13.3. The van der Waals surface area contributed by atoms with Crippen molar-refractivity contribution in [3.8, 4) is 0 Å². The van der Waals surface area contributed by atoms with Gasteiger partial charge in [0.15, 0.2) is 6.29 Å². The number of carbonyl (C=O) groups is 1. The van der Waals surface area contributed by atoms with Crippen LogP contribution >= 0.6 is 0 Å². The number of hydrogen-bond donors (Lipinski definition) is 8. The van der Waals surface area contributed by atoms with Gasteiger partial charge in [0.05, 0.1) is 25.4 Å². The summed E-state index contributed by atoms with van der Waals surface area (Å²) < 4.78 is 11.2. The molecule has 11 nitrogen and oxygen atoms in total. The second-order valence-electron chi connectivity index (χ2n) is 26.4. The Bertz CT molecular complexity index is 1310. The predicted octanol–water partition coefficient (Wildman–Crippen LogP) is 18.0. The van der Waals surface area contributed by atoms with E-state index in [-0.39, 0.29) is 6.42 Å². The van der Waals surface area contributed by atoms with Crippen molar-refractivity contribution in [1.82, 2.24) is 5.32 Å². The van der Waals surface area contributed by atoms with Gasteiger partial charge in [-0.3, -0.25) is 4.79 Å². The van der Waals surface area contributed by atoms with Gasteiger partial charge in [0.25, 0.3) is 0 Å². The smallest absolute Gasteiger partial charge is 0.249 e. The van der Waals surface area contributed by atoms with Crippen molar-refractivity contribution >= 4 is 5.91 Å². The zero-order chi connectivity index (χ0) is 60.3.